The first-order valence-electron chi connectivity index (χ1n) is 6.29. The minimum Gasteiger partial charge on any atom is -0.478 e. The zero-order valence-corrected chi connectivity index (χ0v) is 10.4. The Labute approximate surface area is 105 Å². The molecule has 0 spiro atoms. The number of nitrogens with one attached hydrogen (secondary N) is 1. The van der Waals surface area contributed by atoms with E-state index >= 15 is 0 Å². The average molecular weight is 247 g/mol. The molecule has 0 fully saturated rings. The summed E-state index contributed by atoms with van der Waals surface area (Å²) >= 11 is 0. The van der Waals surface area contributed by atoms with Crippen LogP contribution in [0.25, 0.3) is 11.2 Å². The number of fused-ring (bicyclic) bond motifs is 1. The fourth-order valence-corrected chi connectivity index (χ4v) is 1.97. The number of aryl methyl sites for hydroxylation is 1. The van der Waals surface area contributed by atoms with Crippen molar-refractivity contribution in [3.8, 4) is 0 Å². The van der Waals surface area contributed by atoms with E-state index in [-0.39, 0.29) is 5.56 Å². The van der Waals surface area contributed by atoms with E-state index in [1.54, 1.807) is 0 Å². The van der Waals surface area contributed by atoms with Crippen LogP contribution in [0.3, 0.4) is 0 Å². The first-order chi connectivity index (χ1) is 8.72. The molecule has 0 aliphatic carbocycles. The van der Waals surface area contributed by atoms with Gasteiger partial charge in [-0.25, -0.2) is 14.8 Å². The highest BCUT2D eigenvalue weighted by atomic mass is 16.4. The van der Waals surface area contributed by atoms with E-state index in [0.29, 0.717) is 11.2 Å². The molecule has 0 amide bonds. The molecule has 0 unspecified atom stereocenters. The SMILES string of the molecule is CCCCCCc1nc2nccc(C(=O)O)c2[nH]1. The molecule has 2 aromatic heterocycles. The standard InChI is InChI=1S/C13H17N3O2/c1-2-3-4-5-6-10-15-11-9(13(17)18)7-8-14-12(11)16-10/h7-8H,2-6H2,1H3,(H,17,18)(H,14,15,16). The summed E-state index contributed by atoms with van der Waals surface area (Å²) < 4.78 is 0. The van der Waals surface area contributed by atoms with E-state index in [4.69, 9.17) is 5.11 Å². The number of aromatic carboxylic acids is 1. The Kier molecular flexibility index (Phi) is 3.92. The summed E-state index contributed by atoms with van der Waals surface area (Å²) in [6, 6.07) is 1.49. The van der Waals surface area contributed by atoms with Crippen LogP contribution in [0.4, 0.5) is 0 Å². The maximum Gasteiger partial charge on any atom is 0.338 e. The molecule has 0 atom stereocenters. The van der Waals surface area contributed by atoms with Gasteiger partial charge in [0, 0.05) is 12.6 Å². The van der Waals surface area contributed by atoms with E-state index in [0.717, 1.165) is 18.7 Å². The number of hydrogen-bond donors (Lipinski definition) is 2. The number of carboxylic acids is 1. The van der Waals surface area contributed by atoms with E-state index in [9.17, 15) is 4.79 Å². The summed E-state index contributed by atoms with van der Waals surface area (Å²) in [6.45, 7) is 2.17. The summed E-state index contributed by atoms with van der Waals surface area (Å²) in [5.74, 6) is -0.133. The second kappa shape index (κ2) is 5.62. The molecule has 0 aromatic carbocycles. The van der Waals surface area contributed by atoms with Gasteiger partial charge in [0.15, 0.2) is 5.65 Å². The first kappa shape index (κ1) is 12.5. The molecular weight excluding hydrogens is 230 g/mol. The van der Waals surface area contributed by atoms with Crippen molar-refractivity contribution >= 4 is 17.1 Å². The lowest BCUT2D eigenvalue weighted by atomic mass is 10.1. The van der Waals surface area contributed by atoms with Crippen molar-refractivity contribution in [1.82, 2.24) is 15.0 Å². The van der Waals surface area contributed by atoms with Crippen LogP contribution in [0, 0.1) is 0 Å². The molecule has 2 aromatic rings. The Balaban J connectivity index is 2.17. The largest absolute Gasteiger partial charge is 0.478 e. The average Bonchev–Trinajstić information content (AvgIpc) is 2.76. The van der Waals surface area contributed by atoms with Gasteiger partial charge in [0.1, 0.15) is 5.82 Å². The van der Waals surface area contributed by atoms with Crippen molar-refractivity contribution in [2.24, 2.45) is 0 Å². The smallest absolute Gasteiger partial charge is 0.338 e. The molecule has 0 bridgehead atoms. The van der Waals surface area contributed by atoms with Crippen LogP contribution in [0.1, 0.15) is 48.8 Å². The summed E-state index contributed by atoms with van der Waals surface area (Å²) in [5.41, 5.74) is 1.24. The van der Waals surface area contributed by atoms with Crippen LogP contribution in [-0.2, 0) is 6.42 Å². The zero-order valence-electron chi connectivity index (χ0n) is 10.4. The van der Waals surface area contributed by atoms with Crippen molar-refractivity contribution in [3.05, 3.63) is 23.7 Å². The van der Waals surface area contributed by atoms with Crippen molar-refractivity contribution in [1.29, 1.82) is 0 Å². The molecule has 0 radical (unpaired) electrons. The number of aromatic nitrogens is 3. The highest BCUT2D eigenvalue weighted by Crippen LogP contribution is 2.15. The molecule has 96 valence electrons. The van der Waals surface area contributed by atoms with Crippen LogP contribution in [0.15, 0.2) is 12.3 Å². The fourth-order valence-electron chi connectivity index (χ4n) is 1.97. The monoisotopic (exact) mass is 247 g/mol. The molecule has 2 heterocycles. The normalized spacial score (nSPS) is 10.9. The van der Waals surface area contributed by atoms with Crippen LogP contribution in [-0.4, -0.2) is 26.0 Å². The van der Waals surface area contributed by atoms with Gasteiger partial charge >= 0.3 is 5.97 Å². The predicted octanol–water partition coefficient (Wildman–Crippen LogP) is 2.78. The number of hydrogen-bond acceptors (Lipinski definition) is 3. The summed E-state index contributed by atoms with van der Waals surface area (Å²) in [5, 5.41) is 9.06. The van der Waals surface area contributed by atoms with Crippen molar-refractivity contribution in [2.45, 2.75) is 39.0 Å². The van der Waals surface area contributed by atoms with Gasteiger partial charge in [-0.3, -0.25) is 0 Å². The Morgan fingerprint density at radius 3 is 2.94 bits per heavy atom. The molecule has 0 saturated heterocycles. The molecule has 2 N–H and O–H groups in total. The van der Waals surface area contributed by atoms with E-state index in [1.807, 2.05) is 0 Å². The number of H-pyrrole nitrogens is 1. The summed E-state index contributed by atoms with van der Waals surface area (Å²) in [7, 11) is 0. The minimum atomic E-state index is -0.955. The Bertz CT molecular complexity index is 548. The van der Waals surface area contributed by atoms with Gasteiger partial charge in [0.25, 0.3) is 0 Å². The zero-order chi connectivity index (χ0) is 13.0. The molecule has 2 rings (SSSR count). The number of unbranched alkanes of at least 4 members (excludes halogenated alkanes) is 3. The molecule has 5 nitrogen and oxygen atoms in total. The van der Waals surface area contributed by atoms with Gasteiger partial charge in [0.2, 0.25) is 0 Å². The second-order valence-electron chi connectivity index (χ2n) is 4.36. The topological polar surface area (TPSA) is 78.9 Å². The Hall–Kier alpha value is -1.91. The molecule has 0 aliphatic heterocycles. The third kappa shape index (κ3) is 2.67. The van der Waals surface area contributed by atoms with Gasteiger partial charge in [-0.15, -0.1) is 0 Å². The number of rotatable bonds is 6. The lowest BCUT2D eigenvalue weighted by Gasteiger charge is -1.96. The highest BCUT2D eigenvalue weighted by Gasteiger charge is 2.12. The quantitative estimate of drug-likeness (QED) is 0.769. The van der Waals surface area contributed by atoms with Crippen molar-refractivity contribution < 1.29 is 9.90 Å². The van der Waals surface area contributed by atoms with Crippen molar-refractivity contribution in [2.75, 3.05) is 0 Å². The lowest BCUT2D eigenvalue weighted by Crippen LogP contribution is -1.97. The maximum absolute atomic E-state index is 11.0. The minimum absolute atomic E-state index is 0.229. The predicted molar refractivity (Wildman–Crippen MR) is 68.7 cm³/mol. The second-order valence-corrected chi connectivity index (χ2v) is 4.36. The van der Waals surface area contributed by atoms with Crippen LogP contribution < -0.4 is 0 Å². The molecule has 0 aliphatic rings. The number of pyridine rings is 1. The fraction of sp³-hybridized carbons (Fsp3) is 0.462. The van der Waals surface area contributed by atoms with Gasteiger partial charge < -0.3 is 10.1 Å². The van der Waals surface area contributed by atoms with Crippen molar-refractivity contribution in [3.63, 3.8) is 0 Å². The molecule has 5 heteroatoms. The Morgan fingerprint density at radius 1 is 1.39 bits per heavy atom. The highest BCUT2D eigenvalue weighted by molar-refractivity contribution is 5.99. The molecule has 0 saturated carbocycles. The molecule has 18 heavy (non-hydrogen) atoms. The number of carbonyl (C=O) groups is 1. The van der Waals surface area contributed by atoms with E-state index in [2.05, 4.69) is 21.9 Å². The first-order valence-corrected chi connectivity index (χ1v) is 6.29. The third-order valence-electron chi connectivity index (χ3n) is 2.94. The number of imidazole rings is 1. The maximum atomic E-state index is 11.0. The van der Waals surface area contributed by atoms with Crippen LogP contribution in [0.2, 0.25) is 0 Å². The summed E-state index contributed by atoms with van der Waals surface area (Å²) in [4.78, 5) is 22.5. The van der Waals surface area contributed by atoms with Crippen LogP contribution >= 0.6 is 0 Å². The van der Waals surface area contributed by atoms with Gasteiger partial charge in [-0.2, -0.15) is 0 Å². The molecular formula is C13H17N3O2. The number of aromatic amines is 1. The third-order valence-corrected chi connectivity index (χ3v) is 2.94. The number of carboxylic acid groups (broad SMARTS) is 1. The van der Waals surface area contributed by atoms with Gasteiger partial charge in [0.05, 0.1) is 11.1 Å². The summed E-state index contributed by atoms with van der Waals surface area (Å²) in [6.07, 6.45) is 6.98. The van der Waals surface area contributed by atoms with Gasteiger partial charge in [-0.05, 0) is 12.5 Å². The van der Waals surface area contributed by atoms with E-state index < -0.39 is 5.97 Å². The lowest BCUT2D eigenvalue weighted by molar-refractivity contribution is 0.0698. The Morgan fingerprint density at radius 2 is 2.22 bits per heavy atom. The van der Waals surface area contributed by atoms with Crippen LogP contribution in [0.5, 0.6) is 0 Å². The van der Waals surface area contributed by atoms with E-state index in [1.165, 1.54) is 31.5 Å². The number of nitrogens with zero attached hydrogens (tertiary/aromatic N) is 2. The van der Waals surface area contributed by atoms with Gasteiger partial charge in [-0.1, -0.05) is 26.2 Å².